The zero-order chi connectivity index (χ0) is 30.9. The zero-order valence-corrected chi connectivity index (χ0v) is 25.7. The van der Waals surface area contributed by atoms with Crippen LogP contribution in [0.5, 0.6) is 0 Å². The van der Waals surface area contributed by atoms with Gasteiger partial charge in [-0.05, 0) is 95.7 Å². The molecule has 0 radical (unpaired) electrons. The van der Waals surface area contributed by atoms with Gasteiger partial charge in [-0.2, -0.15) is 0 Å². The van der Waals surface area contributed by atoms with Crippen LogP contribution in [0.3, 0.4) is 0 Å². The highest BCUT2D eigenvalue weighted by atomic mass is 15.0. The molecule has 10 aromatic rings. The molecule has 0 amide bonds. The highest BCUT2D eigenvalue weighted by molar-refractivity contribution is 6.24. The second-order valence-electron chi connectivity index (χ2n) is 12.5. The molecule has 9 aromatic carbocycles. The van der Waals surface area contributed by atoms with E-state index in [1.165, 1.54) is 92.8 Å². The number of nitrogens with zero attached hydrogens (tertiary/aromatic N) is 1. The standard InChI is InChI=1S/C46H29N/c1-2-17-34(18-3-1)47-43-29-33(25-26-36(43)42-27-31-14-4-5-15-32(31)28-44(42)47)45-38-20-8-10-22-40(38)46(41-23-11-9-21-39(41)45)37-24-12-16-30-13-6-7-19-35(30)37/h1-29H. The number of benzene rings is 9. The largest absolute Gasteiger partial charge is 0.309 e. The number of rotatable bonds is 3. The van der Waals surface area contributed by atoms with Crippen LogP contribution in [0.25, 0.3) is 92.8 Å². The number of para-hydroxylation sites is 1. The first kappa shape index (κ1) is 26.1. The van der Waals surface area contributed by atoms with Crippen LogP contribution < -0.4 is 0 Å². The van der Waals surface area contributed by atoms with Gasteiger partial charge in [0.1, 0.15) is 0 Å². The molecule has 0 atom stereocenters. The monoisotopic (exact) mass is 595 g/mol. The minimum atomic E-state index is 1.17. The fourth-order valence-electron chi connectivity index (χ4n) is 7.89. The van der Waals surface area contributed by atoms with E-state index in [1.807, 2.05) is 0 Å². The van der Waals surface area contributed by atoms with E-state index in [4.69, 9.17) is 0 Å². The number of hydrogen-bond donors (Lipinski definition) is 0. The van der Waals surface area contributed by atoms with Crippen LogP contribution in [-0.2, 0) is 0 Å². The maximum atomic E-state index is 2.44. The van der Waals surface area contributed by atoms with Gasteiger partial charge in [-0.25, -0.2) is 0 Å². The Balaban J connectivity index is 1.33. The molecule has 0 aliphatic carbocycles. The summed E-state index contributed by atoms with van der Waals surface area (Å²) in [6.45, 7) is 0. The zero-order valence-electron chi connectivity index (χ0n) is 25.7. The van der Waals surface area contributed by atoms with Gasteiger partial charge < -0.3 is 4.57 Å². The second kappa shape index (κ2) is 10.2. The molecule has 1 aromatic heterocycles. The summed E-state index contributed by atoms with van der Waals surface area (Å²) in [5.74, 6) is 0. The van der Waals surface area contributed by atoms with Gasteiger partial charge in [0.25, 0.3) is 0 Å². The van der Waals surface area contributed by atoms with Crippen LogP contribution >= 0.6 is 0 Å². The van der Waals surface area contributed by atoms with Crippen molar-refractivity contribution in [2.75, 3.05) is 0 Å². The molecule has 0 aliphatic heterocycles. The Morgan fingerprint density at radius 3 is 1.53 bits per heavy atom. The third kappa shape index (κ3) is 3.90. The average Bonchev–Trinajstić information content (AvgIpc) is 3.45. The molecular formula is C46H29N. The van der Waals surface area contributed by atoms with Crippen molar-refractivity contribution in [2.24, 2.45) is 0 Å². The molecule has 1 heteroatoms. The van der Waals surface area contributed by atoms with Crippen molar-refractivity contribution in [3.8, 4) is 27.9 Å². The van der Waals surface area contributed by atoms with Gasteiger partial charge in [-0.3, -0.25) is 0 Å². The molecule has 0 aliphatic rings. The van der Waals surface area contributed by atoms with Crippen molar-refractivity contribution in [1.29, 1.82) is 0 Å². The van der Waals surface area contributed by atoms with Gasteiger partial charge in [-0.1, -0.05) is 146 Å². The molecular weight excluding hydrogens is 567 g/mol. The van der Waals surface area contributed by atoms with Gasteiger partial charge in [0, 0.05) is 16.5 Å². The Morgan fingerprint density at radius 2 is 0.830 bits per heavy atom. The van der Waals surface area contributed by atoms with Crippen LogP contribution in [0.15, 0.2) is 176 Å². The predicted molar refractivity (Wildman–Crippen MR) is 202 cm³/mol. The maximum Gasteiger partial charge on any atom is 0.0547 e. The fourth-order valence-corrected chi connectivity index (χ4v) is 7.89. The predicted octanol–water partition coefficient (Wildman–Crippen LogP) is 12.7. The second-order valence-corrected chi connectivity index (χ2v) is 12.5. The molecule has 0 fully saturated rings. The smallest absolute Gasteiger partial charge is 0.0547 e. The van der Waals surface area contributed by atoms with E-state index in [0.29, 0.717) is 0 Å². The van der Waals surface area contributed by atoms with E-state index >= 15 is 0 Å². The molecule has 1 nitrogen and oxygen atoms in total. The summed E-state index contributed by atoms with van der Waals surface area (Å²) in [5, 5.41) is 12.7. The van der Waals surface area contributed by atoms with Crippen LogP contribution in [-0.4, -0.2) is 4.57 Å². The molecule has 0 unspecified atom stereocenters. The van der Waals surface area contributed by atoms with Crippen molar-refractivity contribution >= 4 is 64.9 Å². The Bertz CT molecular complexity index is 2780. The highest BCUT2D eigenvalue weighted by Gasteiger charge is 2.20. The summed E-state index contributed by atoms with van der Waals surface area (Å²) in [4.78, 5) is 0. The third-order valence-corrected chi connectivity index (χ3v) is 9.93. The topological polar surface area (TPSA) is 4.93 Å². The lowest BCUT2D eigenvalue weighted by molar-refractivity contribution is 1.18. The Morgan fingerprint density at radius 1 is 0.298 bits per heavy atom. The minimum absolute atomic E-state index is 1.17. The third-order valence-electron chi connectivity index (χ3n) is 9.93. The van der Waals surface area contributed by atoms with Gasteiger partial charge in [0.15, 0.2) is 0 Å². The fraction of sp³-hybridized carbons (Fsp3) is 0. The molecule has 47 heavy (non-hydrogen) atoms. The summed E-state index contributed by atoms with van der Waals surface area (Å²) in [6.07, 6.45) is 0. The summed E-state index contributed by atoms with van der Waals surface area (Å²) in [6, 6.07) is 64.6. The molecule has 0 saturated carbocycles. The quantitative estimate of drug-likeness (QED) is 0.179. The normalized spacial score (nSPS) is 11.8. The first-order chi connectivity index (χ1) is 23.3. The van der Waals surface area contributed by atoms with Crippen LogP contribution in [0.1, 0.15) is 0 Å². The molecule has 0 bridgehead atoms. The summed E-state index contributed by atoms with van der Waals surface area (Å²) >= 11 is 0. The van der Waals surface area contributed by atoms with E-state index < -0.39 is 0 Å². The first-order valence-corrected chi connectivity index (χ1v) is 16.3. The summed E-state index contributed by atoms with van der Waals surface area (Å²) in [5.41, 5.74) is 8.67. The van der Waals surface area contributed by atoms with E-state index in [-0.39, 0.29) is 0 Å². The Hall–Kier alpha value is -6.18. The van der Waals surface area contributed by atoms with Gasteiger partial charge >= 0.3 is 0 Å². The van der Waals surface area contributed by atoms with Crippen LogP contribution in [0.2, 0.25) is 0 Å². The van der Waals surface area contributed by atoms with Crippen molar-refractivity contribution in [1.82, 2.24) is 4.57 Å². The lowest BCUT2D eigenvalue weighted by atomic mass is 9.84. The lowest BCUT2D eigenvalue weighted by Gasteiger charge is -2.19. The Kier molecular flexibility index (Phi) is 5.64. The first-order valence-electron chi connectivity index (χ1n) is 16.3. The van der Waals surface area contributed by atoms with Crippen molar-refractivity contribution in [3.05, 3.63) is 176 Å². The number of hydrogen-bond acceptors (Lipinski definition) is 0. The Labute approximate surface area is 272 Å². The van der Waals surface area contributed by atoms with Gasteiger partial charge in [-0.15, -0.1) is 0 Å². The van der Waals surface area contributed by atoms with Crippen LogP contribution in [0.4, 0.5) is 0 Å². The lowest BCUT2D eigenvalue weighted by Crippen LogP contribution is -1.94. The summed E-state index contributed by atoms with van der Waals surface area (Å²) in [7, 11) is 0. The van der Waals surface area contributed by atoms with Gasteiger partial charge in [0.2, 0.25) is 0 Å². The van der Waals surface area contributed by atoms with E-state index in [0.717, 1.165) is 0 Å². The van der Waals surface area contributed by atoms with Crippen molar-refractivity contribution in [3.63, 3.8) is 0 Å². The maximum absolute atomic E-state index is 2.44. The van der Waals surface area contributed by atoms with Crippen LogP contribution in [0, 0.1) is 0 Å². The molecule has 10 rings (SSSR count). The molecule has 1 heterocycles. The number of fused-ring (bicyclic) bond motifs is 7. The average molecular weight is 596 g/mol. The van der Waals surface area contributed by atoms with Crippen molar-refractivity contribution < 1.29 is 0 Å². The highest BCUT2D eigenvalue weighted by Crippen LogP contribution is 2.46. The molecule has 0 N–H and O–H groups in total. The van der Waals surface area contributed by atoms with Gasteiger partial charge in [0.05, 0.1) is 11.0 Å². The molecule has 0 spiro atoms. The summed E-state index contributed by atoms with van der Waals surface area (Å²) < 4.78 is 2.44. The van der Waals surface area contributed by atoms with E-state index in [9.17, 15) is 0 Å². The molecule has 218 valence electrons. The van der Waals surface area contributed by atoms with Crippen molar-refractivity contribution in [2.45, 2.75) is 0 Å². The SMILES string of the molecule is c1ccc(-n2c3cc(-c4c5ccccc5c(-c5cccc6ccccc56)c5ccccc45)ccc3c3cc4ccccc4cc32)cc1. The molecule has 0 saturated heterocycles. The van der Waals surface area contributed by atoms with E-state index in [2.05, 4.69) is 180 Å². The number of aromatic nitrogens is 1. The van der Waals surface area contributed by atoms with E-state index in [1.54, 1.807) is 0 Å². The minimum Gasteiger partial charge on any atom is -0.309 e.